The Labute approximate surface area is 245 Å². The van der Waals surface area contributed by atoms with Crippen LogP contribution < -0.4 is 10.6 Å². The normalized spacial score (nSPS) is 14.5. The second-order valence-electron chi connectivity index (χ2n) is 10.6. The third-order valence-corrected chi connectivity index (χ3v) is 7.76. The number of fused-ring (bicyclic) bond motifs is 1. The highest BCUT2D eigenvalue weighted by molar-refractivity contribution is 6.05. The Bertz CT molecular complexity index is 1650. The number of anilines is 1. The minimum atomic E-state index is 0.307. The van der Waals surface area contributed by atoms with Crippen molar-refractivity contribution in [3.05, 3.63) is 96.2 Å². The molecule has 0 saturated carbocycles. The molecule has 3 aromatic heterocycles. The lowest BCUT2D eigenvalue weighted by Crippen LogP contribution is -2.47. The molecule has 6 rings (SSSR count). The van der Waals surface area contributed by atoms with Gasteiger partial charge in [0.05, 0.1) is 17.8 Å². The zero-order valence-electron chi connectivity index (χ0n) is 23.7. The molecule has 0 radical (unpaired) electrons. The Kier molecular flexibility index (Phi) is 8.32. The number of rotatable bonds is 11. The van der Waals surface area contributed by atoms with Crippen molar-refractivity contribution in [2.45, 2.75) is 25.8 Å². The number of amidine groups is 1. The van der Waals surface area contributed by atoms with Crippen LogP contribution in [0.15, 0.2) is 84.2 Å². The van der Waals surface area contributed by atoms with E-state index >= 15 is 0 Å². The number of H-pyrrole nitrogens is 1. The molecule has 4 heterocycles. The van der Waals surface area contributed by atoms with Gasteiger partial charge >= 0.3 is 0 Å². The maximum Gasteiger partial charge on any atom is 0.225 e. The number of piperazine rings is 1. The third-order valence-electron chi connectivity index (χ3n) is 7.76. The molecule has 2 aromatic carbocycles. The molecule has 1 saturated heterocycles. The number of nitrogens with one attached hydrogen (secondary N) is 2. The number of nitrogens with two attached hydrogens (primary N) is 1. The monoisotopic (exact) mass is 560 g/mol. The van der Waals surface area contributed by atoms with E-state index in [4.69, 9.17) is 16.2 Å². The minimum Gasteiger partial charge on any atom is -0.382 e. The van der Waals surface area contributed by atoms with E-state index in [1.807, 2.05) is 28.9 Å². The summed E-state index contributed by atoms with van der Waals surface area (Å²) in [5, 5.41) is 13.3. The number of unbranched alkanes of at least 4 members (excludes halogenated alkanes) is 1. The highest BCUT2D eigenvalue weighted by Gasteiger charge is 2.19. The van der Waals surface area contributed by atoms with Crippen molar-refractivity contribution in [3.63, 3.8) is 0 Å². The molecule has 0 bridgehead atoms. The largest absolute Gasteiger partial charge is 0.382 e. The lowest BCUT2D eigenvalue weighted by Gasteiger charge is -2.34. The van der Waals surface area contributed by atoms with Crippen molar-refractivity contribution in [1.82, 2.24) is 29.6 Å². The first-order chi connectivity index (χ1) is 20.7. The molecule has 0 spiro atoms. The summed E-state index contributed by atoms with van der Waals surface area (Å²) in [7, 11) is 0. The summed E-state index contributed by atoms with van der Waals surface area (Å²) in [6.45, 7) is 5.75. The molecule has 0 unspecified atom stereocenters. The number of benzene rings is 2. The number of hydrogen-bond donors (Lipinski definition) is 3. The standard InChI is InChI=1S/C32H36N10/c33-23-37-31(34)30-28(25-10-11-26-22-42(39-29(26)19-25)21-24-7-2-1-3-8-24)20-27(38-30)9-4-5-14-40-15-17-41(18-16-40)32-35-12-6-13-36-32/h1-3,6-8,10-13,19-20,22-23,38H,4-5,9,14-18,21H2,(H3,33,34,37). The van der Waals surface area contributed by atoms with Gasteiger partial charge < -0.3 is 15.6 Å². The van der Waals surface area contributed by atoms with Crippen LogP contribution in [0.4, 0.5) is 5.95 Å². The first-order valence-electron chi connectivity index (χ1n) is 14.5. The van der Waals surface area contributed by atoms with Crippen molar-refractivity contribution >= 4 is 29.0 Å². The van der Waals surface area contributed by atoms with Crippen LogP contribution >= 0.6 is 0 Å². The zero-order valence-corrected chi connectivity index (χ0v) is 23.7. The van der Waals surface area contributed by atoms with Gasteiger partial charge in [-0.2, -0.15) is 5.10 Å². The predicted octanol–water partition coefficient (Wildman–Crippen LogP) is 4.33. The second kappa shape index (κ2) is 12.8. The molecule has 1 fully saturated rings. The Hall–Kier alpha value is -4.83. The number of aryl methyl sites for hydroxylation is 1. The second-order valence-corrected chi connectivity index (χ2v) is 10.6. The van der Waals surface area contributed by atoms with E-state index in [2.05, 4.69) is 72.3 Å². The Morgan fingerprint density at radius 3 is 2.57 bits per heavy atom. The molecular formula is C32H36N10. The van der Waals surface area contributed by atoms with E-state index in [9.17, 15) is 0 Å². The quantitative estimate of drug-likeness (QED) is 0.125. The fraction of sp³-hybridized carbons (Fsp3) is 0.281. The van der Waals surface area contributed by atoms with Crippen LogP contribution in [-0.2, 0) is 13.0 Å². The number of aromatic amines is 1. The van der Waals surface area contributed by atoms with E-state index in [0.29, 0.717) is 5.84 Å². The van der Waals surface area contributed by atoms with E-state index in [1.165, 1.54) is 5.56 Å². The summed E-state index contributed by atoms with van der Waals surface area (Å²) in [5.74, 6) is 1.13. The maximum atomic E-state index is 7.43. The Morgan fingerprint density at radius 1 is 0.976 bits per heavy atom. The van der Waals surface area contributed by atoms with Gasteiger partial charge in [-0.25, -0.2) is 15.0 Å². The summed E-state index contributed by atoms with van der Waals surface area (Å²) >= 11 is 0. The van der Waals surface area contributed by atoms with Crippen molar-refractivity contribution in [2.24, 2.45) is 10.7 Å². The van der Waals surface area contributed by atoms with Crippen molar-refractivity contribution in [3.8, 4) is 11.1 Å². The number of aliphatic imine (C=N–C) groups is 1. The molecule has 1 aliphatic rings. The van der Waals surface area contributed by atoms with Crippen LogP contribution in [-0.4, -0.2) is 74.5 Å². The summed E-state index contributed by atoms with van der Waals surface area (Å²) in [6.07, 6.45) is 9.75. The van der Waals surface area contributed by atoms with Crippen LogP contribution in [0.2, 0.25) is 0 Å². The van der Waals surface area contributed by atoms with E-state index < -0.39 is 0 Å². The smallest absolute Gasteiger partial charge is 0.225 e. The van der Waals surface area contributed by atoms with Gasteiger partial charge in [0.2, 0.25) is 5.95 Å². The van der Waals surface area contributed by atoms with Gasteiger partial charge in [0.1, 0.15) is 12.2 Å². The highest BCUT2D eigenvalue weighted by atomic mass is 15.3. The Morgan fingerprint density at radius 2 is 1.79 bits per heavy atom. The van der Waals surface area contributed by atoms with Gasteiger partial charge in [-0.05, 0) is 55.1 Å². The van der Waals surface area contributed by atoms with Gasteiger partial charge in [0.15, 0.2) is 0 Å². The topological polar surface area (TPSA) is 128 Å². The van der Waals surface area contributed by atoms with Crippen molar-refractivity contribution in [2.75, 3.05) is 37.6 Å². The van der Waals surface area contributed by atoms with E-state index in [0.717, 1.165) is 104 Å². The van der Waals surface area contributed by atoms with Crippen LogP contribution in [0.5, 0.6) is 0 Å². The third kappa shape index (κ3) is 6.39. The Balaban J connectivity index is 1.10. The van der Waals surface area contributed by atoms with Crippen LogP contribution in [0.3, 0.4) is 0 Å². The maximum absolute atomic E-state index is 7.43. The van der Waals surface area contributed by atoms with Crippen LogP contribution in [0, 0.1) is 5.41 Å². The molecular weight excluding hydrogens is 524 g/mol. The number of nitrogens with zero attached hydrogens (tertiary/aromatic N) is 7. The molecule has 10 heteroatoms. The van der Waals surface area contributed by atoms with Crippen LogP contribution in [0.1, 0.15) is 29.8 Å². The minimum absolute atomic E-state index is 0.307. The summed E-state index contributed by atoms with van der Waals surface area (Å²) in [4.78, 5) is 21.1. The first kappa shape index (κ1) is 27.3. The lowest BCUT2D eigenvalue weighted by atomic mass is 10.0. The van der Waals surface area contributed by atoms with Gasteiger partial charge in [-0.3, -0.25) is 15.0 Å². The number of hydrogen-bond acceptors (Lipinski definition) is 6. The zero-order chi connectivity index (χ0) is 28.7. The van der Waals surface area contributed by atoms with Gasteiger partial charge in [-0.15, -0.1) is 0 Å². The van der Waals surface area contributed by atoms with E-state index in [1.54, 1.807) is 12.4 Å². The van der Waals surface area contributed by atoms with Crippen molar-refractivity contribution < 1.29 is 0 Å². The first-order valence-corrected chi connectivity index (χ1v) is 14.5. The summed E-state index contributed by atoms with van der Waals surface area (Å²) in [6, 6.07) is 20.7. The highest BCUT2D eigenvalue weighted by Crippen LogP contribution is 2.29. The summed E-state index contributed by atoms with van der Waals surface area (Å²) in [5.41, 5.74) is 12.3. The summed E-state index contributed by atoms with van der Waals surface area (Å²) < 4.78 is 1.98. The van der Waals surface area contributed by atoms with Crippen molar-refractivity contribution in [1.29, 1.82) is 5.41 Å². The van der Waals surface area contributed by atoms with E-state index in [-0.39, 0.29) is 0 Å². The molecule has 42 heavy (non-hydrogen) atoms. The SMILES string of the molecule is N=C/N=C(/N)c1[nH]c(CCCCN2CCN(c3ncccn3)CC2)cc1-c1ccc2cn(Cc3ccccc3)nc2c1. The molecule has 214 valence electrons. The van der Waals surface area contributed by atoms with Crippen LogP contribution in [0.25, 0.3) is 22.0 Å². The average Bonchev–Trinajstić information content (AvgIpc) is 3.64. The number of aromatic nitrogens is 5. The predicted molar refractivity (Wildman–Crippen MR) is 168 cm³/mol. The molecule has 1 aliphatic heterocycles. The molecule has 0 amide bonds. The molecule has 10 nitrogen and oxygen atoms in total. The average molecular weight is 561 g/mol. The molecule has 5 aromatic rings. The molecule has 0 atom stereocenters. The fourth-order valence-electron chi connectivity index (χ4n) is 5.57. The molecule has 0 aliphatic carbocycles. The molecule has 4 N–H and O–H groups in total. The van der Waals surface area contributed by atoms with Gasteiger partial charge in [0, 0.05) is 61.4 Å². The lowest BCUT2D eigenvalue weighted by molar-refractivity contribution is 0.252. The van der Waals surface area contributed by atoms with Gasteiger partial charge in [0.25, 0.3) is 0 Å². The fourth-order valence-corrected chi connectivity index (χ4v) is 5.57. The van der Waals surface area contributed by atoms with Gasteiger partial charge in [-0.1, -0.05) is 42.5 Å².